The Hall–Kier alpha value is -1.11. The maximum atomic E-state index is 12.1. The summed E-state index contributed by atoms with van der Waals surface area (Å²) in [6, 6.07) is 0.183. The zero-order valence-corrected chi connectivity index (χ0v) is 15.1. The minimum atomic E-state index is -0.481. The fourth-order valence-electron chi connectivity index (χ4n) is 2.38. The maximum absolute atomic E-state index is 12.1. The molecule has 1 fully saturated rings. The Morgan fingerprint density at radius 1 is 1.48 bits per heavy atom. The average molecular weight is 361 g/mol. The predicted molar refractivity (Wildman–Crippen MR) is 89.7 cm³/mol. The molecule has 0 radical (unpaired) electrons. The van der Waals surface area contributed by atoms with Gasteiger partial charge in [0, 0.05) is 37.4 Å². The van der Waals surface area contributed by atoms with Crippen LogP contribution < -0.4 is 5.32 Å². The van der Waals surface area contributed by atoms with Gasteiger partial charge in [0.05, 0.1) is 0 Å². The van der Waals surface area contributed by atoms with Crippen LogP contribution in [0.15, 0.2) is 6.20 Å². The van der Waals surface area contributed by atoms with Crippen molar-refractivity contribution in [2.45, 2.75) is 51.8 Å². The molecule has 6 nitrogen and oxygen atoms in total. The lowest BCUT2D eigenvalue weighted by atomic mass is 10.1. The number of nitrogens with one attached hydrogen (secondary N) is 1. The van der Waals surface area contributed by atoms with Gasteiger partial charge in [0.15, 0.2) is 0 Å². The minimum absolute atomic E-state index is 0.132. The second-order valence-electron chi connectivity index (χ2n) is 6.60. The Kier molecular flexibility index (Phi) is 6.06. The average Bonchev–Trinajstić information content (AvgIpc) is 2.45. The van der Waals surface area contributed by atoms with Gasteiger partial charge in [-0.3, -0.25) is 0 Å². The maximum Gasteiger partial charge on any atom is 0.410 e. The van der Waals surface area contributed by atoms with Crippen LogP contribution in [0.3, 0.4) is 0 Å². The van der Waals surface area contributed by atoms with Crippen molar-refractivity contribution in [3.8, 4) is 0 Å². The van der Waals surface area contributed by atoms with Crippen molar-refractivity contribution in [1.29, 1.82) is 0 Å². The third kappa shape index (κ3) is 5.79. The Morgan fingerprint density at radius 3 is 2.87 bits per heavy atom. The highest BCUT2D eigenvalue weighted by Gasteiger charge is 2.27. The molecule has 0 bridgehead atoms. The zero-order chi connectivity index (χ0) is 17.0. The monoisotopic (exact) mass is 360 g/mol. The molecule has 1 aliphatic rings. The van der Waals surface area contributed by atoms with E-state index in [0.717, 1.165) is 24.9 Å². The molecule has 8 heteroatoms. The second-order valence-corrected chi connectivity index (χ2v) is 7.30. The van der Waals surface area contributed by atoms with Gasteiger partial charge in [-0.25, -0.2) is 14.8 Å². The first-order valence-corrected chi connectivity index (χ1v) is 8.38. The molecule has 0 spiro atoms. The number of amides is 1. The molecule has 1 saturated heterocycles. The number of aromatic nitrogens is 2. The van der Waals surface area contributed by atoms with E-state index in [-0.39, 0.29) is 17.4 Å². The SMILES string of the molecule is CC(C)(C)OC(=O)N1CCC[C@H](NCc2cnc(Cl)nc2Cl)C1. The molecule has 23 heavy (non-hydrogen) atoms. The quantitative estimate of drug-likeness (QED) is 0.661. The molecule has 1 aromatic rings. The van der Waals surface area contributed by atoms with Gasteiger partial charge in [-0.2, -0.15) is 0 Å². The third-order valence-electron chi connectivity index (χ3n) is 3.44. The van der Waals surface area contributed by atoms with Crippen molar-refractivity contribution in [3.63, 3.8) is 0 Å². The van der Waals surface area contributed by atoms with Crippen LogP contribution in [0, 0.1) is 0 Å². The van der Waals surface area contributed by atoms with Crippen LogP contribution in [-0.4, -0.2) is 45.7 Å². The fourth-order valence-corrected chi connectivity index (χ4v) is 2.75. The minimum Gasteiger partial charge on any atom is -0.444 e. The summed E-state index contributed by atoms with van der Waals surface area (Å²) in [5, 5.41) is 3.87. The van der Waals surface area contributed by atoms with E-state index < -0.39 is 5.60 Å². The number of rotatable bonds is 3. The Morgan fingerprint density at radius 2 is 2.22 bits per heavy atom. The summed E-state index contributed by atoms with van der Waals surface area (Å²) in [5.74, 6) is 0. The molecule has 128 valence electrons. The smallest absolute Gasteiger partial charge is 0.410 e. The van der Waals surface area contributed by atoms with Crippen molar-refractivity contribution in [1.82, 2.24) is 20.2 Å². The molecular weight excluding hydrogens is 339 g/mol. The van der Waals surface area contributed by atoms with Crippen LogP contribution in [0.2, 0.25) is 10.4 Å². The summed E-state index contributed by atoms with van der Waals surface area (Å²) in [6.45, 7) is 7.47. The summed E-state index contributed by atoms with van der Waals surface area (Å²) in [7, 11) is 0. The fraction of sp³-hybridized carbons (Fsp3) is 0.667. The molecule has 1 atom stereocenters. The van der Waals surface area contributed by atoms with Crippen molar-refractivity contribution in [2.24, 2.45) is 0 Å². The van der Waals surface area contributed by atoms with E-state index in [1.165, 1.54) is 0 Å². The van der Waals surface area contributed by atoms with Gasteiger partial charge < -0.3 is 15.0 Å². The van der Waals surface area contributed by atoms with Crippen LogP contribution in [0.4, 0.5) is 4.79 Å². The van der Waals surface area contributed by atoms with Crippen molar-refractivity contribution >= 4 is 29.3 Å². The molecule has 0 unspecified atom stereocenters. The van der Waals surface area contributed by atoms with Crippen LogP contribution in [-0.2, 0) is 11.3 Å². The van der Waals surface area contributed by atoms with Gasteiger partial charge >= 0.3 is 6.09 Å². The summed E-state index contributed by atoms with van der Waals surface area (Å²) in [6.07, 6.45) is 3.27. The van der Waals surface area contributed by atoms with Crippen molar-refractivity contribution in [2.75, 3.05) is 13.1 Å². The molecule has 1 aliphatic heterocycles. The van der Waals surface area contributed by atoms with E-state index in [1.807, 2.05) is 20.8 Å². The largest absolute Gasteiger partial charge is 0.444 e. The Balaban J connectivity index is 1.87. The Labute approximate surface area is 146 Å². The molecule has 0 saturated carbocycles. The van der Waals surface area contributed by atoms with E-state index in [2.05, 4.69) is 15.3 Å². The molecule has 2 rings (SSSR count). The molecule has 1 aromatic heterocycles. The number of halogens is 2. The van der Waals surface area contributed by atoms with E-state index in [1.54, 1.807) is 11.1 Å². The lowest BCUT2D eigenvalue weighted by molar-refractivity contribution is 0.0187. The summed E-state index contributed by atoms with van der Waals surface area (Å²) < 4.78 is 5.42. The Bertz CT molecular complexity index is 563. The highest BCUT2D eigenvalue weighted by atomic mass is 35.5. The number of hydrogen-bond donors (Lipinski definition) is 1. The topological polar surface area (TPSA) is 67.3 Å². The van der Waals surface area contributed by atoms with Crippen LogP contribution in [0.5, 0.6) is 0 Å². The lowest BCUT2D eigenvalue weighted by Gasteiger charge is -2.34. The van der Waals surface area contributed by atoms with Gasteiger partial charge in [-0.15, -0.1) is 0 Å². The molecule has 1 N–H and O–H groups in total. The molecule has 0 aliphatic carbocycles. The third-order valence-corrected chi connectivity index (χ3v) is 3.95. The number of likely N-dealkylation sites (tertiary alicyclic amines) is 1. The van der Waals surface area contributed by atoms with Crippen LogP contribution in [0.1, 0.15) is 39.2 Å². The number of piperidine rings is 1. The van der Waals surface area contributed by atoms with Crippen LogP contribution in [0.25, 0.3) is 0 Å². The second kappa shape index (κ2) is 7.64. The van der Waals surface area contributed by atoms with Crippen molar-refractivity contribution < 1.29 is 9.53 Å². The number of ether oxygens (including phenoxy) is 1. The number of carbonyl (C=O) groups is 1. The van der Waals surface area contributed by atoms with E-state index in [9.17, 15) is 4.79 Å². The normalized spacial score (nSPS) is 18.8. The van der Waals surface area contributed by atoms with Gasteiger partial charge in [0.1, 0.15) is 10.8 Å². The van der Waals surface area contributed by atoms with E-state index in [4.69, 9.17) is 27.9 Å². The zero-order valence-electron chi connectivity index (χ0n) is 13.6. The lowest BCUT2D eigenvalue weighted by Crippen LogP contribution is -2.49. The number of hydrogen-bond acceptors (Lipinski definition) is 5. The molecule has 1 amide bonds. The molecular formula is C15H22Cl2N4O2. The first-order valence-electron chi connectivity index (χ1n) is 7.63. The van der Waals surface area contributed by atoms with Crippen LogP contribution >= 0.6 is 23.2 Å². The number of carbonyl (C=O) groups excluding carboxylic acids is 1. The summed E-state index contributed by atoms with van der Waals surface area (Å²) >= 11 is 11.7. The summed E-state index contributed by atoms with van der Waals surface area (Å²) in [5.41, 5.74) is 0.302. The van der Waals surface area contributed by atoms with Gasteiger partial charge in [-0.05, 0) is 45.2 Å². The summed E-state index contributed by atoms with van der Waals surface area (Å²) in [4.78, 5) is 21.7. The van der Waals surface area contributed by atoms with E-state index in [0.29, 0.717) is 18.2 Å². The standard InChI is InChI=1S/C15H22Cl2N4O2/c1-15(2,3)23-14(22)21-6-4-5-11(9-21)18-7-10-8-19-13(17)20-12(10)16/h8,11,18H,4-7,9H2,1-3H3/t11-/m0/s1. The first-order chi connectivity index (χ1) is 10.7. The first kappa shape index (κ1) is 18.2. The van der Waals surface area contributed by atoms with Gasteiger partial charge in [0.2, 0.25) is 5.28 Å². The predicted octanol–water partition coefficient (Wildman–Crippen LogP) is 3.27. The van der Waals surface area contributed by atoms with Gasteiger partial charge in [-0.1, -0.05) is 11.6 Å². The van der Waals surface area contributed by atoms with Gasteiger partial charge in [0.25, 0.3) is 0 Å². The van der Waals surface area contributed by atoms with Crippen molar-refractivity contribution in [3.05, 3.63) is 22.2 Å². The highest BCUT2D eigenvalue weighted by Crippen LogP contribution is 2.17. The number of nitrogens with zero attached hydrogens (tertiary/aromatic N) is 3. The molecule has 0 aromatic carbocycles. The molecule has 2 heterocycles. The highest BCUT2D eigenvalue weighted by molar-refractivity contribution is 6.32. The van der Waals surface area contributed by atoms with E-state index >= 15 is 0 Å².